The fourth-order valence-corrected chi connectivity index (χ4v) is 4.59. The third-order valence-corrected chi connectivity index (χ3v) is 6.31. The van der Waals surface area contributed by atoms with Crippen LogP contribution in [0.15, 0.2) is 35.2 Å². The number of benzene rings is 1. The molecule has 2 aliphatic rings. The molecule has 7 nitrogen and oxygen atoms in total. The molecule has 1 aliphatic carbocycles. The summed E-state index contributed by atoms with van der Waals surface area (Å²) in [5.74, 6) is 0. The van der Waals surface area contributed by atoms with Crippen LogP contribution in [0, 0.1) is 0 Å². The number of fused-ring (bicyclic) bond motifs is 1. The zero-order chi connectivity index (χ0) is 18.0. The fourth-order valence-electron chi connectivity index (χ4n) is 3.59. The number of ether oxygens (including phenoxy) is 1. The monoisotopic (exact) mass is 376 g/mol. The molecule has 1 aliphatic heterocycles. The van der Waals surface area contributed by atoms with Gasteiger partial charge in [-0.3, -0.25) is 4.90 Å². The number of nitrogens with one attached hydrogen (secondary N) is 1. The Morgan fingerprint density at radius 1 is 1.08 bits per heavy atom. The van der Waals surface area contributed by atoms with Crippen LogP contribution in [-0.4, -0.2) is 49.5 Å². The smallest absolute Gasteiger partial charge is 0.276 e. The summed E-state index contributed by atoms with van der Waals surface area (Å²) in [7, 11) is -3.67. The molecule has 1 N–H and O–H groups in total. The van der Waals surface area contributed by atoms with E-state index in [-0.39, 0.29) is 4.90 Å². The molecule has 0 radical (unpaired) electrons. The average Bonchev–Trinajstić information content (AvgIpc) is 3.00. The van der Waals surface area contributed by atoms with Crippen molar-refractivity contribution in [1.82, 2.24) is 14.8 Å². The van der Waals surface area contributed by atoms with Crippen molar-refractivity contribution in [3.63, 3.8) is 0 Å². The lowest BCUT2D eigenvalue weighted by molar-refractivity contribution is 0.0331. The highest BCUT2D eigenvalue weighted by atomic mass is 32.2. The van der Waals surface area contributed by atoms with Crippen LogP contribution in [0.3, 0.4) is 0 Å². The van der Waals surface area contributed by atoms with Gasteiger partial charge in [0.2, 0.25) is 0 Å². The second-order valence-electron chi connectivity index (χ2n) is 6.79. The van der Waals surface area contributed by atoms with Gasteiger partial charge in [0.25, 0.3) is 10.0 Å². The number of nitrogens with zero attached hydrogens (tertiary/aromatic N) is 3. The number of rotatable bonds is 5. The Morgan fingerprint density at radius 3 is 2.58 bits per heavy atom. The van der Waals surface area contributed by atoms with Gasteiger partial charge in [-0.05, 0) is 37.8 Å². The maximum atomic E-state index is 12.8. The van der Waals surface area contributed by atoms with Crippen molar-refractivity contribution in [1.29, 1.82) is 0 Å². The lowest BCUT2D eigenvalue weighted by atomic mass is 9.96. The molecule has 4 rings (SSSR count). The molecule has 1 aromatic carbocycles. The maximum absolute atomic E-state index is 12.8. The van der Waals surface area contributed by atoms with Crippen LogP contribution in [0.25, 0.3) is 0 Å². The van der Waals surface area contributed by atoms with Crippen molar-refractivity contribution in [2.24, 2.45) is 0 Å². The third-order valence-electron chi connectivity index (χ3n) is 5.00. The molecule has 1 aromatic heterocycles. The van der Waals surface area contributed by atoms with E-state index in [0.29, 0.717) is 19.8 Å². The van der Waals surface area contributed by atoms with Crippen LogP contribution >= 0.6 is 0 Å². The van der Waals surface area contributed by atoms with Crippen molar-refractivity contribution in [2.75, 3.05) is 31.1 Å². The molecule has 0 bridgehead atoms. The predicted molar refractivity (Wildman–Crippen MR) is 98.0 cm³/mol. The van der Waals surface area contributed by atoms with Crippen LogP contribution in [0.2, 0.25) is 0 Å². The Balaban J connectivity index is 1.65. The average molecular weight is 376 g/mol. The van der Waals surface area contributed by atoms with Crippen molar-refractivity contribution >= 4 is 10.0 Å². The van der Waals surface area contributed by atoms with Crippen LogP contribution in [0.5, 0.6) is 0 Å². The fraction of sp³-hybridized carbons (Fsp3) is 0.500. The first kappa shape index (κ1) is 17.5. The van der Waals surface area contributed by atoms with Gasteiger partial charge in [0, 0.05) is 25.2 Å². The lowest BCUT2D eigenvalue weighted by Gasteiger charge is -2.27. The van der Waals surface area contributed by atoms with Crippen LogP contribution in [0.4, 0.5) is 0 Å². The van der Waals surface area contributed by atoms with Crippen molar-refractivity contribution < 1.29 is 13.2 Å². The topological polar surface area (TPSA) is 76.5 Å². The molecule has 1 fully saturated rings. The summed E-state index contributed by atoms with van der Waals surface area (Å²) in [4.78, 5) is 6.70. The molecule has 0 saturated carbocycles. The molecule has 1 saturated heterocycles. The molecule has 26 heavy (non-hydrogen) atoms. The number of morpholine rings is 1. The van der Waals surface area contributed by atoms with Crippen LogP contribution < -0.4 is 4.83 Å². The van der Waals surface area contributed by atoms with E-state index >= 15 is 0 Å². The van der Waals surface area contributed by atoms with E-state index in [4.69, 9.17) is 4.74 Å². The van der Waals surface area contributed by atoms with Gasteiger partial charge >= 0.3 is 0 Å². The minimum atomic E-state index is -3.67. The SMILES string of the molecule is O=S(=O)(Nn1nc2c(c1CN1CCOCC1)CCCC2)c1ccccc1. The van der Waals surface area contributed by atoms with Gasteiger partial charge in [-0.25, -0.2) is 0 Å². The Labute approximate surface area is 154 Å². The maximum Gasteiger partial charge on any atom is 0.276 e. The van der Waals surface area contributed by atoms with Gasteiger partial charge in [-0.15, -0.1) is 0 Å². The Kier molecular flexibility index (Phi) is 4.97. The molecular weight excluding hydrogens is 352 g/mol. The highest BCUT2D eigenvalue weighted by molar-refractivity contribution is 7.92. The van der Waals surface area contributed by atoms with Gasteiger partial charge in [-0.2, -0.15) is 23.1 Å². The predicted octanol–water partition coefficient (Wildman–Crippen LogP) is 1.53. The van der Waals surface area contributed by atoms with E-state index in [1.165, 1.54) is 10.4 Å². The second-order valence-corrected chi connectivity index (χ2v) is 8.45. The first-order valence-corrected chi connectivity index (χ1v) is 10.6. The molecule has 0 spiro atoms. The summed E-state index contributed by atoms with van der Waals surface area (Å²) >= 11 is 0. The van der Waals surface area contributed by atoms with Crippen molar-refractivity contribution in [2.45, 2.75) is 37.1 Å². The van der Waals surface area contributed by atoms with E-state index in [2.05, 4.69) is 14.8 Å². The first-order valence-electron chi connectivity index (χ1n) is 9.11. The van der Waals surface area contributed by atoms with Crippen LogP contribution in [-0.2, 0) is 34.1 Å². The molecule has 0 amide bonds. The zero-order valence-electron chi connectivity index (χ0n) is 14.7. The number of aromatic nitrogens is 2. The lowest BCUT2D eigenvalue weighted by Crippen LogP contribution is -2.37. The highest BCUT2D eigenvalue weighted by Crippen LogP contribution is 2.25. The van der Waals surface area contributed by atoms with E-state index in [9.17, 15) is 8.42 Å². The molecule has 8 heteroatoms. The summed E-state index contributed by atoms with van der Waals surface area (Å²) in [6.07, 6.45) is 4.10. The van der Waals surface area contributed by atoms with E-state index in [0.717, 1.165) is 50.2 Å². The van der Waals surface area contributed by atoms with Gasteiger partial charge in [0.1, 0.15) is 0 Å². The minimum Gasteiger partial charge on any atom is -0.379 e. The Morgan fingerprint density at radius 2 is 1.81 bits per heavy atom. The highest BCUT2D eigenvalue weighted by Gasteiger charge is 2.25. The molecule has 0 atom stereocenters. The second kappa shape index (κ2) is 7.38. The quantitative estimate of drug-likeness (QED) is 0.856. The Bertz CT molecular complexity index is 858. The number of sulfonamides is 1. The standard InChI is InChI=1S/C18H24N4O3S/c23-26(24,15-6-2-1-3-7-15)20-22-18(14-21-10-12-25-13-11-21)16-8-4-5-9-17(16)19-22/h1-3,6-7,20H,4-5,8-14H2. The zero-order valence-corrected chi connectivity index (χ0v) is 15.5. The molecule has 2 heterocycles. The summed E-state index contributed by atoms with van der Waals surface area (Å²) < 4.78 is 30.9. The third kappa shape index (κ3) is 3.62. The number of aryl methyl sites for hydroxylation is 1. The van der Waals surface area contributed by atoms with Gasteiger partial charge in [0.05, 0.1) is 29.5 Å². The molecule has 140 valence electrons. The molecule has 0 unspecified atom stereocenters. The minimum absolute atomic E-state index is 0.241. The van der Waals surface area contributed by atoms with Crippen LogP contribution in [0.1, 0.15) is 29.8 Å². The number of hydrogen-bond acceptors (Lipinski definition) is 5. The number of hydrogen-bond donors (Lipinski definition) is 1. The van der Waals surface area contributed by atoms with Crippen molar-refractivity contribution in [3.05, 3.63) is 47.3 Å². The summed E-state index contributed by atoms with van der Waals surface area (Å²) in [6, 6.07) is 8.42. The molecular formula is C18H24N4O3S. The summed E-state index contributed by atoms with van der Waals surface area (Å²) in [5.41, 5.74) is 3.19. The largest absolute Gasteiger partial charge is 0.379 e. The van der Waals surface area contributed by atoms with Gasteiger partial charge in [-0.1, -0.05) is 18.2 Å². The van der Waals surface area contributed by atoms with Crippen molar-refractivity contribution in [3.8, 4) is 0 Å². The normalized spacial score (nSPS) is 18.5. The van der Waals surface area contributed by atoms with E-state index in [1.54, 1.807) is 30.3 Å². The van der Waals surface area contributed by atoms with Gasteiger partial charge < -0.3 is 4.74 Å². The van der Waals surface area contributed by atoms with E-state index < -0.39 is 10.0 Å². The van der Waals surface area contributed by atoms with E-state index in [1.807, 2.05) is 0 Å². The molecule has 2 aromatic rings. The van der Waals surface area contributed by atoms with Gasteiger partial charge in [0.15, 0.2) is 0 Å². The summed E-state index contributed by atoms with van der Waals surface area (Å²) in [6.45, 7) is 3.82. The first-order chi connectivity index (χ1) is 12.6. The summed E-state index contributed by atoms with van der Waals surface area (Å²) in [5, 5.41) is 4.60. The Hall–Kier alpha value is -1.90.